The number of halogens is 1. The van der Waals surface area contributed by atoms with Crippen LogP contribution >= 0.6 is 11.6 Å². The second kappa shape index (κ2) is 7.68. The molecule has 3 N–H and O–H groups in total. The summed E-state index contributed by atoms with van der Waals surface area (Å²) >= 11 is 5.85. The lowest BCUT2D eigenvalue weighted by Gasteiger charge is -2.06. The molecule has 6 heteroatoms. The van der Waals surface area contributed by atoms with Crippen molar-refractivity contribution in [2.75, 3.05) is 11.9 Å². The second-order valence-corrected chi connectivity index (χ2v) is 5.85. The highest BCUT2D eigenvalue weighted by Gasteiger charge is 2.02. The summed E-state index contributed by atoms with van der Waals surface area (Å²) in [7, 11) is 0. The third-order valence-corrected chi connectivity index (χ3v) is 3.82. The number of rotatable bonds is 5. The molecule has 3 rings (SSSR count). The summed E-state index contributed by atoms with van der Waals surface area (Å²) in [5.74, 6) is -0.261. The molecule has 0 atom stereocenters. The monoisotopic (exact) mass is 353 g/mol. The molecular weight excluding hydrogens is 338 g/mol. The van der Waals surface area contributed by atoms with Gasteiger partial charge in [0.15, 0.2) is 0 Å². The Morgan fingerprint density at radius 2 is 1.88 bits per heavy atom. The zero-order valence-electron chi connectivity index (χ0n) is 13.2. The van der Waals surface area contributed by atoms with Crippen LogP contribution in [0.1, 0.15) is 5.56 Å². The molecule has 0 radical (unpaired) electrons. The van der Waals surface area contributed by atoms with E-state index in [0.29, 0.717) is 10.6 Å². The van der Waals surface area contributed by atoms with Crippen LogP contribution in [0.2, 0.25) is 5.02 Å². The molecule has 0 fully saturated rings. The van der Waals surface area contributed by atoms with Gasteiger partial charge in [-0.2, -0.15) is 5.10 Å². The molecule has 1 amide bonds. The van der Waals surface area contributed by atoms with E-state index >= 15 is 0 Å². The Balaban J connectivity index is 1.55. The third kappa shape index (κ3) is 4.49. The lowest BCUT2D eigenvalue weighted by atomic mass is 10.1. The van der Waals surface area contributed by atoms with Gasteiger partial charge in [0.05, 0.1) is 12.8 Å². The first-order chi connectivity index (χ1) is 12.1. The van der Waals surface area contributed by atoms with Crippen LogP contribution in [0.3, 0.4) is 0 Å². The Kier molecular flexibility index (Phi) is 5.16. The number of hydrazone groups is 1. The van der Waals surface area contributed by atoms with Gasteiger partial charge in [-0.25, -0.2) is 5.43 Å². The number of phenolic OH excluding ortho intramolecular Hbond substituents is 1. The Labute approximate surface area is 149 Å². The summed E-state index contributed by atoms with van der Waals surface area (Å²) in [6.45, 7) is 0.0806. The first kappa shape index (κ1) is 16.8. The maximum atomic E-state index is 11.8. The normalized spacial score (nSPS) is 10.9. The van der Waals surface area contributed by atoms with Gasteiger partial charge >= 0.3 is 0 Å². The van der Waals surface area contributed by atoms with Gasteiger partial charge in [0, 0.05) is 16.3 Å². The zero-order chi connectivity index (χ0) is 17.6. The minimum atomic E-state index is -0.300. The third-order valence-electron chi connectivity index (χ3n) is 3.58. The molecule has 126 valence electrons. The van der Waals surface area contributed by atoms with E-state index in [4.69, 9.17) is 11.6 Å². The fourth-order valence-corrected chi connectivity index (χ4v) is 2.50. The molecule has 0 bridgehead atoms. The molecule has 0 saturated carbocycles. The Bertz CT molecular complexity index is 941. The van der Waals surface area contributed by atoms with Gasteiger partial charge in [-0.3, -0.25) is 4.79 Å². The van der Waals surface area contributed by atoms with Crippen LogP contribution < -0.4 is 10.7 Å². The highest BCUT2D eigenvalue weighted by Crippen LogP contribution is 2.20. The number of hydrogen-bond donors (Lipinski definition) is 3. The van der Waals surface area contributed by atoms with E-state index in [2.05, 4.69) is 15.8 Å². The van der Waals surface area contributed by atoms with Gasteiger partial charge in [0.25, 0.3) is 5.91 Å². The van der Waals surface area contributed by atoms with Gasteiger partial charge in [-0.1, -0.05) is 41.9 Å². The highest BCUT2D eigenvalue weighted by atomic mass is 35.5. The van der Waals surface area contributed by atoms with Gasteiger partial charge in [-0.15, -0.1) is 0 Å². The van der Waals surface area contributed by atoms with Crippen molar-refractivity contribution in [2.24, 2.45) is 5.10 Å². The maximum Gasteiger partial charge on any atom is 0.259 e. The van der Waals surface area contributed by atoms with Gasteiger partial charge in [0.1, 0.15) is 5.75 Å². The van der Waals surface area contributed by atoms with Crippen molar-refractivity contribution in [2.45, 2.75) is 0 Å². The number of carbonyl (C=O) groups excluding carboxylic acids is 1. The van der Waals surface area contributed by atoms with Gasteiger partial charge in [-0.05, 0) is 41.1 Å². The van der Waals surface area contributed by atoms with E-state index in [1.165, 1.54) is 12.3 Å². The first-order valence-electron chi connectivity index (χ1n) is 7.65. The van der Waals surface area contributed by atoms with Crippen LogP contribution in [-0.2, 0) is 4.79 Å². The van der Waals surface area contributed by atoms with Crippen molar-refractivity contribution in [1.29, 1.82) is 0 Å². The molecule has 0 heterocycles. The molecule has 0 aliphatic rings. The summed E-state index contributed by atoms with van der Waals surface area (Å²) in [4.78, 5) is 11.8. The standard InChI is InChI=1S/C19H16ClN3O2/c20-16-6-8-18(24)15(9-16)11-22-23-19(25)12-21-17-7-5-13-3-1-2-4-14(13)10-17/h1-11,21,24H,12H2,(H,23,25)/b22-11-. The Hall–Kier alpha value is -3.05. The summed E-state index contributed by atoms with van der Waals surface area (Å²) in [5.41, 5.74) is 3.68. The zero-order valence-corrected chi connectivity index (χ0v) is 14.0. The predicted molar refractivity (Wildman–Crippen MR) is 101 cm³/mol. The van der Waals surface area contributed by atoms with E-state index < -0.39 is 0 Å². The Morgan fingerprint density at radius 1 is 1.08 bits per heavy atom. The molecule has 0 spiro atoms. The number of anilines is 1. The number of fused-ring (bicyclic) bond motifs is 1. The molecule has 5 nitrogen and oxygen atoms in total. The van der Waals surface area contributed by atoms with Crippen LogP contribution in [0, 0.1) is 0 Å². The van der Waals surface area contributed by atoms with Crippen molar-refractivity contribution in [3.8, 4) is 5.75 Å². The molecule has 3 aromatic rings. The van der Waals surface area contributed by atoms with E-state index in [9.17, 15) is 9.90 Å². The number of benzene rings is 3. The first-order valence-corrected chi connectivity index (χ1v) is 8.03. The van der Waals surface area contributed by atoms with Crippen LogP contribution in [0.4, 0.5) is 5.69 Å². The topological polar surface area (TPSA) is 73.7 Å². The predicted octanol–water partition coefficient (Wildman–Crippen LogP) is 3.76. The molecule has 0 aromatic heterocycles. The summed E-state index contributed by atoms with van der Waals surface area (Å²) in [5, 5.41) is 19.3. The summed E-state index contributed by atoms with van der Waals surface area (Å²) in [6, 6.07) is 18.5. The fourth-order valence-electron chi connectivity index (χ4n) is 2.32. The number of nitrogens with zero attached hydrogens (tertiary/aromatic N) is 1. The van der Waals surface area contributed by atoms with Crippen LogP contribution in [0.5, 0.6) is 5.75 Å². The SMILES string of the molecule is O=C(CNc1ccc2ccccc2c1)N/N=C\c1cc(Cl)ccc1O. The lowest BCUT2D eigenvalue weighted by Crippen LogP contribution is -2.25. The molecule has 0 aliphatic carbocycles. The van der Waals surface area contributed by atoms with Gasteiger partial charge < -0.3 is 10.4 Å². The minimum absolute atomic E-state index is 0.0386. The van der Waals surface area contributed by atoms with Crippen molar-refractivity contribution in [3.63, 3.8) is 0 Å². The van der Waals surface area contributed by atoms with Crippen molar-refractivity contribution >= 4 is 40.2 Å². The van der Waals surface area contributed by atoms with Crippen LogP contribution in [0.25, 0.3) is 10.8 Å². The van der Waals surface area contributed by atoms with Crippen molar-refractivity contribution in [3.05, 3.63) is 71.2 Å². The molecular formula is C19H16ClN3O2. The minimum Gasteiger partial charge on any atom is -0.507 e. The number of carbonyl (C=O) groups is 1. The second-order valence-electron chi connectivity index (χ2n) is 5.41. The van der Waals surface area contributed by atoms with Gasteiger partial charge in [0.2, 0.25) is 0 Å². The fraction of sp³-hybridized carbons (Fsp3) is 0.0526. The number of amides is 1. The summed E-state index contributed by atoms with van der Waals surface area (Å²) < 4.78 is 0. The number of nitrogens with one attached hydrogen (secondary N) is 2. The molecule has 0 unspecified atom stereocenters. The molecule has 0 aliphatic heterocycles. The smallest absolute Gasteiger partial charge is 0.259 e. The number of hydrogen-bond acceptors (Lipinski definition) is 4. The Morgan fingerprint density at radius 3 is 2.72 bits per heavy atom. The molecule has 0 saturated heterocycles. The van der Waals surface area contributed by atoms with E-state index in [-0.39, 0.29) is 18.2 Å². The van der Waals surface area contributed by atoms with Crippen molar-refractivity contribution < 1.29 is 9.90 Å². The van der Waals surface area contributed by atoms with Crippen molar-refractivity contribution in [1.82, 2.24) is 5.43 Å². The molecule has 3 aromatic carbocycles. The quantitative estimate of drug-likeness (QED) is 0.483. The van der Waals surface area contributed by atoms with E-state index in [1.807, 2.05) is 42.5 Å². The number of aromatic hydroxyl groups is 1. The lowest BCUT2D eigenvalue weighted by molar-refractivity contribution is -0.119. The van der Waals surface area contributed by atoms with E-state index in [0.717, 1.165) is 16.5 Å². The van der Waals surface area contributed by atoms with E-state index in [1.54, 1.807) is 12.1 Å². The largest absolute Gasteiger partial charge is 0.507 e. The average Bonchev–Trinajstić information content (AvgIpc) is 2.62. The van der Waals surface area contributed by atoms with Crippen LogP contribution in [-0.4, -0.2) is 23.8 Å². The molecule has 25 heavy (non-hydrogen) atoms. The number of phenols is 1. The van der Waals surface area contributed by atoms with Crippen LogP contribution in [0.15, 0.2) is 65.8 Å². The summed E-state index contributed by atoms with van der Waals surface area (Å²) in [6.07, 6.45) is 1.34. The highest BCUT2D eigenvalue weighted by molar-refractivity contribution is 6.30. The average molecular weight is 354 g/mol. The maximum absolute atomic E-state index is 11.8.